The number of carbonyl (C=O) groups is 1. The van der Waals surface area contributed by atoms with Gasteiger partial charge < -0.3 is 10.2 Å². The van der Waals surface area contributed by atoms with E-state index in [-0.39, 0.29) is 11.7 Å². The van der Waals surface area contributed by atoms with Crippen LogP contribution in [0.4, 0.5) is 10.1 Å². The first kappa shape index (κ1) is 14.2. The van der Waals surface area contributed by atoms with E-state index in [1.54, 1.807) is 23.5 Å². The van der Waals surface area contributed by atoms with Crippen molar-refractivity contribution in [2.75, 3.05) is 18.4 Å². The van der Waals surface area contributed by atoms with E-state index >= 15 is 0 Å². The van der Waals surface area contributed by atoms with Crippen molar-refractivity contribution in [1.29, 1.82) is 0 Å². The average molecular weight is 305 g/mol. The highest BCUT2D eigenvalue weighted by molar-refractivity contribution is 7.10. The lowest BCUT2D eigenvalue weighted by Crippen LogP contribution is -3.14. The predicted molar refractivity (Wildman–Crippen MR) is 82.2 cm³/mol. The zero-order chi connectivity index (χ0) is 14.8. The molecule has 5 heteroatoms. The maximum Gasteiger partial charge on any atom is 0.279 e. The lowest BCUT2D eigenvalue weighted by atomic mass is 10.0. The van der Waals surface area contributed by atoms with Gasteiger partial charge in [0.25, 0.3) is 5.91 Å². The topological polar surface area (TPSA) is 33.5 Å². The number of hydrogen-bond acceptors (Lipinski definition) is 2. The van der Waals surface area contributed by atoms with Crippen LogP contribution in [0.3, 0.4) is 0 Å². The molecule has 0 fully saturated rings. The Bertz CT molecular complexity index is 655. The number of anilines is 1. The summed E-state index contributed by atoms with van der Waals surface area (Å²) in [5.74, 6) is -0.407. The lowest BCUT2D eigenvalue weighted by Gasteiger charge is -2.29. The molecular formula is C16H18FN2OS+. The van der Waals surface area contributed by atoms with Gasteiger partial charge in [-0.1, -0.05) is 6.07 Å². The van der Waals surface area contributed by atoms with Crippen LogP contribution < -0.4 is 10.2 Å². The van der Waals surface area contributed by atoms with Crippen molar-refractivity contribution in [2.45, 2.75) is 19.4 Å². The van der Waals surface area contributed by atoms with E-state index in [1.165, 1.54) is 27.5 Å². The molecule has 2 aromatic rings. The molecule has 1 aliphatic rings. The van der Waals surface area contributed by atoms with Gasteiger partial charge in [-0.2, -0.15) is 0 Å². The molecule has 3 rings (SSSR count). The molecule has 1 aliphatic heterocycles. The Morgan fingerprint density at radius 2 is 2.33 bits per heavy atom. The predicted octanol–water partition coefficient (Wildman–Crippen LogP) is 2.03. The SMILES string of the molecule is C[C@H]1c2ccsc2CC[NH+]1CC(=O)Nc1cccc(F)c1. The summed E-state index contributed by atoms with van der Waals surface area (Å²) >= 11 is 1.80. The number of thiophene rings is 1. The number of hydrogen-bond donors (Lipinski definition) is 2. The van der Waals surface area contributed by atoms with E-state index < -0.39 is 0 Å². The Kier molecular flexibility index (Phi) is 4.03. The molecule has 2 N–H and O–H groups in total. The highest BCUT2D eigenvalue weighted by Gasteiger charge is 2.29. The van der Waals surface area contributed by atoms with Gasteiger partial charge in [0.1, 0.15) is 11.9 Å². The minimum absolute atomic E-state index is 0.0684. The van der Waals surface area contributed by atoms with Crippen molar-refractivity contribution in [3.8, 4) is 0 Å². The summed E-state index contributed by atoms with van der Waals surface area (Å²) in [5.41, 5.74) is 1.88. The Balaban J connectivity index is 1.63. The number of halogens is 1. The van der Waals surface area contributed by atoms with Crippen molar-refractivity contribution in [1.82, 2.24) is 0 Å². The molecule has 1 aromatic carbocycles. The zero-order valence-electron chi connectivity index (χ0n) is 11.9. The summed E-state index contributed by atoms with van der Waals surface area (Å²) in [6, 6.07) is 8.49. The number of carbonyl (C=O) groups excluding carboxylic acids is 1. The van der Waals surface area contributed by atoms with Crippen molar-refractivity contribution in [3.05, 3.63) is 52.0 Å². The molecule has 0 bridgehead atoms. The molecule has 3 nitrogen and oxygen atoms in total. The van der Waals surface area contributed by atoms with Crippen LogP contribution >= 0.6 is 11.3 Å². The van der Waals surface area contributed by atoms with E-state index in [0.717, 1.165) is 13.0 Å². The molecular weight excluding hydrogens is 287 g/mol. The number of fused-ring (bicyclic) bond motifs is 1. The van der Waals surface area contributed by atoms with E-state index in [0.29, 0.717) is 18.3 Å². The lowest BCUT2D eigenvalue weighted by molar-refractivity contribution is -0.923. The summed E-state index contributed by atoms with van der Waals surface area (Å²) in [4.78, 5) is 14.8. The number of quaternary nitrogens is 1. The van der Waals surface area contributed by atoms with Crippen LogP contribution in [0.2, 0.25) is 0 Å². The highest BCUT2D eigenvalue weighted by atomic mass is 32.1. The van der Waals surface area contributed by atoms with Crippen molar-refractivity contribution >= 4 is 22.9 Å². The van der Waals surface area contributed by atoms with Gasteiger partial charge in [-0.05, 0) is 36.6 Å². The van der Waals surface area contributed by atoms with Gasteiger partial charge >= 0.3 is 0 Å². The van der Waals surface area contributed by atoms with Crippen LogP contribution in [-0.4, -0.2) is 19.0 Å². The zero-order valence-corrected chi connectivity index (χ0v) is 12.7. The number of nitrogens with one attached hydrogen (secondary N) is 2. The van der Waals surface area contributed by atoms with E-state index in [2.05, 4.69) is 23.7 Å². The molecule has 1 aromatic heterocycles. The first-order chi connectivity index (χ1) is 10.1. The minimum Gasteiger partial charge on any atom is -0.321 e. The summed E-state index contributed by atoms with van der Waals surface area (Å²) in [6.07, 6.45) is 1.03. The van der Waals surface area contributed by atoms with E-state index in [9.17, 15) is 9.18 Å². The monoisotopic (exact) mass is 305 g/mol. The second kappa shape index (κ2) is 5.95. The normalized spacial score (nSPS) is 20.9. The standard InChI is InChI=1S/C16H17FN2OS/c1-11-14-6-8-21-15(14)5-7-19(11)10-16(20)18-13-4-2-3-12(17)9-13/h2-4,6,8-9,11H,5,7,10H2,1H3,(H,18,20)/p+1/t11-/m0/s1. The number of benzene rings is 1. The first-order valence-corrected chi connectivity index (χ1v) is 7.97. The fourth-order valence-electron chi connectivity index (χ4n) is 2.87. The third kappa shape index (κ3) is 3.14. The van der Waals surface area contributed by atoms with Crippen LogP contribution in [0.1, 0.15) is 23.4 Å². The maximum absolute atomic E-state index is 13.1. The van der Waals surface area contributed by atoms with Gasteiger partial charge in [0, 0.05) is 22.5 Å². The van der Waals surface area contributed by atoms with Crippen molar-refractivity contribution in [2.24, 2.45) is 0 Å². The van der Waals surface area contributed by atoms with Crippen molar-refractivity contribution in [3.63, 3.8) is 0 Å². The van der Waals surface area contributed by atoms with Crippen molar-refractivity contribution < 1.29 is 14.1 Å². The smallest absolute Gasteiger partial charge is 0.279 e. The van der Waals surface area contributed by atoms with Crippen LogP contribution in [-0.2, 0) is 11.2 Å². The highest BCUT2D eigenvalue weighted by Crippen LogP contribution is 2.24. The van der Waals surface area contributed by atoms with Gasteiger partial charge in [-0.3, -0.25) is 4.79 Å². The summed E-state index contributed by atoms with van der Waals surface area (Å²) in [6.45, 7) is 3.54. The molecule has 0 spiro atoms. The second-order valence-corrected chi connectivity index (χ2v) is 6.42. The van der Waals surface area contributed by atoms with Gasteiger partial charge in [0.15, 0.2) is 6.54 Å². The Labute approximate surface area is 127 Å². The summed E-state index contributed by atoms with van der Waals surface area (Å²) in [5, 5.41) is 4.89. The molecule has 21 heavy (non-hydrogen) atoms. The molecule has 2 atom stereocenters. The van der Waals surface area contributed by atoms with Crippen LogP contribution in [0.5, 0.6) is 0 Å². The molecule has 0 radical (unpaired) electrons. The van der Waals surface area contributed by atoms with Crippen LogP contribution in [0, 0.1) is 5.82 Å². The number of rotatable bonds is 3. The van der Waals surface area contributed by atoms with Gasteiger partial charge in [-0.25, -0.2) is 4.39 Å². The van der Waals surface area contributed by atoms with Gasteiger partial charge in [0.2, 0.25) is 0 Å². The van der Waals surface area contributed by atoms with Gasteiger partial charge in [-0.15, -0.1) is 11.3 Å². The third-order valence-corrected chi connectivity index (χ3v) is 5.02. The summed E-state index contributed by atoms with van der Waals surface area (Å²) < 4.78 is 13.1. The quantitative estimate of drug-likeness (QED) is 0.894. The van der Waals surface area contributed by atoms with E-state index in [1.807, 2.05) is 0 Å². The Morgan fingerprint density at radius 1 is 1.48 bits per heavy atom. The molecule has 1 unspecified atom stereocenters. The van der Waals surface area contributed by atoms with Crippen LogP contribution in [0.25, 0.3) is 0 Å². The largest absolute Gasteiger partial charge is 0.321 e. The molecule has 0 saturated heterocycles. The van der Waals surface area contributed by atoms with Crippen LogP contribution in [0.15, 0.2) is 35.7 Å². The molecule has 110 valence electrons. The Morgan fingerprint density at radius 3 is 3.14 bits per heavy atom. The fraction of sp³-hybridized carbons (Fsp3) is 0.312. The second-order valence-electron chi connectivity index (χ2n) is 5.41. The molecule has 0 saturated carbocycles. The third-order valence-electron chi connectivity index (χ3n) is 4.03. The minimum atomic E-state index is -0.339. The fourth-order valence-corrected chi connectivity index (χ4v) is 3.85. The van der Waals surface area contributed by atoms with Gasteiger partial charge in [0.05, 0.1) is 6.54 Å². The number of amides is 1. The first-order valence-electron chi connectivity index (χ1n) is 7.10. The maximum atomic E-state index is 13.1. The Hall–Kier alpha value is -1.72. The average Bonchev–Trinajstić information content (AvgIpc) is 2.91. The molecule has 0 aliphatic carbocycles. The summed E-state index contributed by atoms with van der Waals surface area (Å²) in [7, 11) is 0. The molecule has 2 heterocycles. The molecule has 1 amide bonds. The van der Waals surface area contributed by atoms with E-state index in [4.69, 9.17) is 0 Å².